The quantitative estimate of drug-likeness (QED) is 0.0673. The second-order valence-electron chi connectivity index (χ2n) is 11.3. The first-order valence-electron chi connectivity index (χ1n) is 15.3. The lowest BCUT2D eigenvalue weighted by molar-refractivity contribution is -0.143. The number of aromatic nitrogens is 4. The highest BCUT2D eigenvalue weighted by Crippen LogP contribution is 2.19. The van der Waals surface area contributed by atoms with Crippen LogP contribution in [0.25, 0.3) is 11.2 Å². The predicted molar refractivity (Wildman–Crippen MR) is 177 cm³/mol. The number of anilines is 3. The maximum atomic E-state index is 12.9. The number of aliphatic carboxylic acids is 3. The first kappa shape index (κ1) is 38.8. The summed E-state index contributed by atoms with van der Waals surface area (Å²) in [7, 11) is 1.77. The second-order valence-corrected chi connectivity index (χ2v) is 11.3. The molecule has 1 aromatic carbocycles. The summed E-state index contributed by atoms with van der Waals surface area (Å²) in [6, 6.07) is 1.69. The topological polar surface area (TPSA) is 349 Å². The van der Waals surface area contributed by atoms with E-state index in [1.807, 2.05) is 0 Å². The molecule has 0 bridgehead atoms. The van der Waals surface area contributed by atoms with E-state index >= 15 is 0 Å². The van der Waals surface area contributed by atoms with E-state index < -0.39 is 85.3 Å². The number of benzene rings is 1. The van der Waals surface area contributed by atoms with Crippen molar-refractivity contribution in [2.45, 2.75) is 63.2 Å². The highest BCUT2D eigenvalue weighted by molar-refractivity contribution is 5.97. The van der Waals surface area contributed by atoms with Gasteiger partial charge in [0.2, 0.25) is 23.7 Å². The molecule has 2 heterocycles. The van der Waals surface area contributed by atoms with Crippen LogP contribution in [0.2, 0.25) is 0 Å². The summed E-state index contributed by atoms with van der Waals surface area (Å²) in [6.07, 6.45) is -0.861. The van der Waals surface area contributed by atoms with Crippen molar-refractivity contribution < 1.29 is 48.9 Å². The van der Waals surface area contributed by atoms with Crippen LogP contribution in [-0.4, -0.2) is 102 Å². The number of fused-ring (bicyclic) bond motifs is 1. The highest BCUT2D eigenvalue weighted by atomic mass is 16.4. The van der Waals surface area contributed by atoms with Gasteiger partial charge in [0, 0.05) is 37.6 Å². The van der Waals surface area contributed by atoms with Gasteiger partial charge in [-0.15, -0.1) is 0 Å². The van der Waals surface area contributed by atoms with Crippen LogP contribution in [0.4, 0.5) is 17.5 Å². The van der Waals surface area contributed by atoms with Gasteiger partial charge in [0.1, 0.15) is 18.1 Å². The molecule has 3 atom stereocenters. The molecule has 2 aromatic heterocycles. The standard InChI is InChI=1S/C30H37N11O10/c1-41(13-15-12-34-25-23(35-15)24(32)39-30(33)40-25)16-4-2-14(3-5-16)26(45)38-19(29(50)51)8-11-22(44)37-18(28(48)49)7-10-21(43)36-17(27(46)47)6-9-20(31)42/h2-5,12,17-19H,6-11,13H2,1H3,(H2,31,42)(H,36,43)(H,37,44)(H,38,45)(H,46,47)(H,48,49)(H,50,51)(H4,32,33,34,39,40)/t17-,18-,19-/m0/s1. The number of nitrogens with two attached hydrogens (primary N) is 3. The summed E-state index contributed by atoms with van der Waals surface area (Å²) in [4.78, 5) is 102. The molecule has 0 aliphatic heterocycles. The first-order chi connectivity index (χ1) is 24.0. The van der Waals surface area contributed by atoms with Gasteiger partial charge in [0.05, 0.1) is 18.4 Å². The van der Waals surface area contributed by atoms with Crippen molar-refractivity contribution in [1.82, 2.24) is 35.9 Å². The second kappa shape index (κ2) is 17.6. The summed E-state index contributed by atoms with van der Waals surface area (Å²) in [6.45, 7) is 0.293. The Kier molecular flexibility index (Phi) is 13.4. The van der Waals surface area contributed by atoms with Crippen LogP contribution < -0.4 is 38.1 Å². The number of carboxylic acid groups (broad SMARTS) is 3. The maximum Gasteiger partial charge on any atom is 0.326 e. The van der Waals surface area contributed by atoms with Gasteiger partial charge in [-0.05, 0) is 43.5 Å². The number of primary amides is 1. The monoisotopic (exact) mass is 711 g/mol. The molecule has 0 saturated carbocycles. The van der Waals surface area contributed by atoms with E-state index in [9.17, 15) is 48.9 Å². The lowest BCUT2D eigenvalue weighted by atomic mass is 10.1. The summed E-state index contributed by atoms with van der Waals surface area (Å²) < 4.78 is 0. The van der Waals surface area contributed by atoms with Crippen molar-refractivity contribution in [2.75, 3.05) is 23.4 Å². The van der Waals surface area contributed by atoms with Crippen LogP contribution in [-0.2, 0) is 35.3 Å². The molecule has 272 valence electrons. The van der Waals surface area contributed by atoms with Gasteiger partial charge in [0.15, 0.2) is 17.0 Å². The maximum absolute atomic E-state index is 12.9. The number of nitrogens with zero attached hydrogens (tertiary/aromatic N) is 5. The van der Waals surface area contributed by atoms with Crippen molar-refractivity contribution in [1.29, 1.82) is 0 Å². The van der Waals surface area contributed by atoms with E-state index in [0.717, 1.165) is 0 Å². The van der Waals surface area contributed by atoms with Crippen LogP contribution in [0.15, 0.2) is 30.5 Å². The Balaban J connectivity index is 1.52. The molecule has 4 amide bonds. The molecule has 12 N–H and O–H groups in total. The minimum atomic E-state index is -1.56. The minimum Gasteiger partial charge on any atom is -0.480 e. The van der Waals surface area contributed by atoms with Crippen molar-refractivity contribution in [3.8, 4) is 0 Å². The van der Waals surface area contributed by atoms with Gasteiger partial charge in [-0.3, -0.25) is 19.2 Å². The summed E-state index contributed by atoms with van der Waals surface area (Å²) in [5.74, 6) is -7.51. The average molecular weight is 712 g/mol. The van der Waals surface area contributed by atoms with E-state index in [-0.39, 0.29) is 35.8 Å². The smallest absolute Gasteiger partial charge is 0.326 e. The Labute approximate surface area is 289 Å². The molecule has 3 aromatic rings. The van der Waals surface area contributed by atoms with Crippen LogP contribution in [0.1, 0.15) is 54.6 Å². The Bertz CT molecular complexity index is 1810. The molecule has 0 spiro atoms. The van der Waals surface area contributed by atoms with Gasteiger partial charge >= 0.3 is 17.9 Å². The summed E-state index contributed by atoms with van der Waals surface area (Å²) >= 11 is 0. The van der Waals surface area contributed by atoms with E-state index in [2.05, 4.69) is 35.9 Å². The van der Waals surface area contributed by atoms with Gasteiger partial charge in [-0.2, -0.15) is 9.97 Å². The molecule has 21 nitrogen and oxygen atoms in total. The Morgan fingerprint density at radius 1 is 0.745 bits per heavy atom. The van der Waals surface area contributed by atoms with E-state index in [1.54, 1.807) is 24.1 Å². The fourth-order valence-electron chi connectivity index (χ4n) is 4.64. The van der Waals surface area contributed by atoms with Crippen molar-refractivity contribution in [2.24, 2.45) is 5.73 Å². The minimum absolute atomic E-state index is 0.0270. The number of carbonyl (C=O) groups excluding carboxylic acids is 4. The molecule has 0 saturated heterocycles. The van der Waals surface area contributed by atoms with E-state index in [4.69, 9.17) is 17.2 Å². The molecular formula is C30H37N11O10. The molecule has 51 heavy (non-hydrogen) atoms. The number of nitrogen functional groups attached to an aromatic ring is 2. The molecule has 3 rings (SSSR count). The third-order valence-corrected chi connectivity index (χ3v) is 7.34. The zero-order chi connectivity index (χ0) is 37.8. The van der Waals surface area contributed by atoms with Crippen molar-refractivity contribution in [3.05, 3.63) is 41.7 Å². The largest absolute Gasteiger partial charge is 0.480 e. The highest BCUT2D eigenvalue weighted by Gasteiger charge is 2.26. The van der Waals surface area contributed by atoms with Crippen LogP contribution >= 0.6 is 0 Å². The molecule has 21 heteroatoms. The number of amides is 4. The number of carbonyl (C=O) groups is 7. The zero-order valence-corrected chi connectivity index (χ0v) is 27.2. The lowest BCUT2D eigenvalue weighted by Crippen LogP contribution is -2.45. The van der Waals surface area contributed by atoms with E-state index in [1.165, 1.54) is 18.3 Å². The number of hydrogen-bond donors (Lipinski definition) is 9. The summed E-state index contributed by atoms with van der Waals surface area (Å²) in [5, 5.41) is 35.0. The molecule has 0 radical (unpaired) electrons. The van der Waals surface area contributed by atoms with Gasteiger partial charge in [-0.25, -0.2) is 24.4 Å². The number of carboxylic acids is 3. The fraction of sp³-hybridized carbons (Fsp3) is 0.367. The molecular weight excluding hydrogens is 674 g/mol. The molecule has 0 fully saturated rings. The van der Waals surface area contributed by atoms with Gasteiger partial charge in [0.25, 0.3) is 5.91 Å². The van der Waals surface area contributed by atoms with E-state index in [0.29, 0.717) is 23.4 Å². The normalized spacial score (nSPS) is 12.6. The molecule has 0 aliphatic rings. The van der Waals surface area contributed by atoms with Crippen molar-refractivity contribution >= 4 is 70.2 Å². The fourth-order valence-corrected chi connectivity index (χ4v) is 4.64. The van der Waals surface area contributed by atoms with Crippen molar-refractivity contribution in [3.63, 3.8) is 0 Å². The van der Waals surface area contributed by atoms with Gasteiger partial charge < -0.3 is 53.4 Å². The third kappa shape index (κ3) is 11.8. The number of nitrogens with one attached hydrogen (secondary N) is 3. The zero-order valence-electron chi connectivity index (χ0n) is 27.2. The Morgan fingerprint density at radius 3 is 1.76 bits per heavy atom. The third-order valence-electron chi connectivity index (χ3n) is 7.34. The lowest BCUT2D eigenvalue weighted by Gasteiger charge is -2.20. The molecule has 0 aliphatic carbocycles. The van der Waals surface area contributed by atoms with Gasteiger partial charge in [-0.1, -0.05) is 0 Å². The number of rotatable bonds is 19. The van der Waals surface area contributed by atoms with Crippen LogP contribution in [0.5, 0.6) is 0 Å². The Morgan fingerprint density at radius 2 is 1.25 bits per heavy atom. The Hall–Kier alpha value is -6.67. The van der Waals surface area contributed by atoms with Crippen LogP contribution in [0, 0.1) is 0 Å². The number of hydrogen-bond acceptors (Lipinski definition) is 14. The molecule has 0 unspecified atom stereocenters. The first-order valence-corrected chi connectivity index (χ1v) is 15.3. The van der Waals surface area contributed by atoms with Crippen LogP contribution in [0.3, 0.4) is 0 Å². The SMILES string of the molecule is CN(Cc1cnc2nc(N)nc(N)c2n1)c1ccc(C(=O)N[C@@H](CCC(=O)N[C@@H](CCC(=O)N[C@@H](CCC(N)=O)C(=O)O)C(=O)O)C(=O)O)cc1. The predicted octanol–water partition coefficient (Wildman–Crippen LogP) is -1.63. The average Bonchev–Trinajstić information content (AvgIpc) is 3.06. The summed E-state index contributed by atoms with van der Waals surface area (Å²) in [5.41, 5.74) is 18.4.